The summed E-state index contributed by atoms with van der Waals surface area (Å²) in [5.74, 6) is 2.08. The minimum absolute atomic E-state index is 0.621. The second kappa shape index (κ2) is 6.00. The molecule has 0 saturated carbocycles. The smallest absolute Gasteiger partial charge is 0.257 e. The van der Waals surface area contributed by atoms with Crippen LogP contribution in [0.2, 0.25) is 0 Å². The number of piperidine rings is 1. The van der Waals surface area contributed by atoms with Crippen LogP contribution in [0, 0.1) is 9.49 Å². The van der Waals surface area contributed by atoms with Crippen LogP contribution >= 0.6 is 22.6 Å². The minimum atomic E-state index is 0.621. The lowest BCUT2D eigenvalue weighted by molar-refractivity contribution is 0.360. The number of rotatable bonds is 3. The van der Waals surface area contributed by atoms with Crippen molar-refractivity contribution in [2.45, 2.75) is 19.3 Å². The second-order valence-electron chi connectivity index (χ2n) is 4.94. The monoisotopic (exact) mass is 369 g/mol. The van der Waals surface area contributed by atoms with Crippen molar-refractivity contribution >= 4 is 22.6 Å². The fourth-order valence-electron chi connectivity index (χ4n) is 2.40. The number of nitrogens with zero attached hydrogens (tertiary/aromatic N) is 2. The quantitative estimate of drug-likeness (QED) is 0.846. The van der Waals surface area contributed by atoms with E-state index in [-0.39, 0.29) is 0 Å². The van der Waals surface area contributed by atoms with Gasteiger partial charge >= 0.3 is 0 Å². The predicted octanol–water partition coefficient (Wildman–Crippen LogP) is 2.88. The van der Waals surface area contributed by atoms with Crippen LogP contribution < -0.4 is 5.32 Å². The van der Waals surface area contributed by atoms with Crippen LogP contribution in [0.1, 0.15) is 18.7 Å². The Bertz CT molecular complexity index is 532. The van der Waals surface area contributed by atoms with Crippen LogP contribution in [-0.4, -0.2) is 23.2 Å². The van der Waals surface area contributed by atoms with Gasteiger partial charge in [-0.15, -0.1) is 0 Å². The molecule has 1 N–H and O–H groups in total. The van der Waals surface area contributed by atoms with E-state index in [1.807, 2.05) is 24.3 Å². The van der Waals surface area contributed by atoms with Crippen LogP contribution in [0.15, 0.2) is 28.8 Å². The molecule has 1 aromatic heterocycles. The van der Waals surface area contributed by atoms with Gasteiger partial charge in [0.15, 0.2) is 5.82 Å². The van der Waals surface area contributed by atoms with Gasteiger partial charge in [-0.1, -0.05) is 5.16 Å². The average Bonchev–Trinajstić information content (AvgIpc) is 2.89. The lowest BCUT2D eigenvalue weighted by atomic mass is 9.96. The molecule has 2 aromatic rings. The highest BCUT2D eigenvalue weighted by atomic mass is 127. The highest BCUT2D eigenvalue weighted by molar-refractivity contribution is 14.1. The number of aromatic nitrogens is 2. The van der Waals surface area contributed by atoms with Crippen molar-refractivity contribution in [3.05, 3.63) is 33.7 Å². The van der Waals surface area contributed by atoms with Crippen LogP contribution in [0.5, 0.6) is 0 Å². The fourth-order valence-corrected chi connectivity index (χ4v) is 2.76. The molecular weight excluding hydrogens is 353 g/mol. The van der Waals surface area contributed by atoms with Crippen molar-refractivity contribution in [3.8, 4) is 11.5 Å². The summed E-state index contributed by atoms with van der Waals surface area (Å²) in [6.07, 6.45) is 3.40. The van der Waals surface area contributed by atoms with Gasteiger partial charge in [0.05, 0.1) is 0 Å². The van der Waals surface area contributed by atoms with Gasteiger partial charge < -0.3 is 9.84 Å². The van der Waals surface area contributed by atoms with E-state index in [4.69, 9.17) is 4.52 Å². The SMILES string of the molecule is Ic1ccc(-c2nc(CC3CCCNC3)no2)cc1. The molecule has 3 rings (SSSR count). The molecule has 1 atom stereocenters. The first-order chi connectivity index (χ1) is 9.31. The molecule has 5 heteroatoms. The Kier molecular flexibility index (Phi) is 4.12. The van der Waals surface area contributed by atoms with Crippen molar-refractivity contribution in [2.24, 2.45) is 5.92 Å². The predicted molar refractivity (Wildman–Crippen MR) is 81.7 cm³/mol. The standard InChI is InChI=1S/C14H16IN3O/c15-12-5-3-11(4-6-12)14-17-13(18-19-14)8-10-2-1-7-16-9-10/h3-6,10,16H,1-2,7-9H2. The molecule has 4 nitrogen and oxygen atoms in total. The summed E-state index contributed by atoms with van der Waals surface area (Å²) < 4.78 is 6.55. The number of benzene rings is 1. The van der Waals surface area contributed by atoms with Crippen molar-refractivity contribution in [2.75, 3.05) is 13.1 Å². The van der Waals surface area contributed by atoms with Gasteiger partial charge in [0, 0.05) is 15.6 Å². The Labute approximate surface area is 126 Å². The van der Waals surface area contributed by atoms with Gasteiger partial charge in [-0.25, -0.2) is 0 Å². The summed E-state index contributed by atoms with van der Waals surface area (Å²) in [6, 6.07) is 8.12. The van der Waals surface area contributed by atoms with Crippen molar-refractivity contribution in [1.29, 1.82) is 0 Å². The normalized spacial score (nSPS) is 19.5. The van der Waals surface area contributed by atoms with Crippen molar-refractivity contribution in [1.82, 2.24) is 15.5 Å². The molecular formula is C14H16IN3O. The van der Waals surface area contributed by atoms with E-state index in [0.29, 0.717) is 11.8 Å². The summed E-state index contributed by atoms with van der Waals surface area (Å²) in [7, 11) is 0. The molecule has 0 bridgehead atoms. The zero-order valence-corrected chi connectivity index (χ0v) is 12.8. The fraction of sp³-hybridized carbons (Fsp3) is 0.429. The van der Waals surface area contributed by atoms with E-state index in [0.717, 1.165) is 30.9 Å². The molecule has 0 aliphatic carbocycles. The van der Waals surface area contributed by atoms with Crippen LogP contribution in [0.3, 0.4) is 0 Å². The Morgan fingerprint density at radius 2 is 2.16 bits per heavy atom. The number of halogens is 1. The average molecular weight is 369 g/mol. The highest BCUT2D eigenvalue weighted by Gasteiger charge is 2.17. The van der Waals surface area contributed by atoms with Crippen LogP contribution in [-0.2, 0) is 6.42 Å². The molecule has 1 fully saturated rings. The third-order valence-corrected chi connectivity index (χ3v) is 4.15. The maximum absolute atomic E-state index is 5.35. The van der Waals surface area contributed by atoms with E-state index in [9.17, 15) is 0 Å². The minimum Gasteiger partial charge on any atom is -0.334 e. The van der Waals surface area contributed by atoms with Crippen molar-refractivity contribution < 1.29 is 4.52 Å². The summed E-state index contributed by atoms with van der Waals surface area (Å²) in [5.41, 5.74) is 0.987. The van der Waals surface area contributed by atoms with Gasteiger partial charge in [-0.3, -0.25) is 0 Å². The maximum atomic E-state index is 5.35. The number of hydrogen-bond donors (Lipinski definition) is 1. The van der Waals surface area contributed by atoms with E-state index in [2.05, 4.69) is 38.0 Å². The Balaban J connectivity index is 1.70. The molecule has 2 heterocycles. The lowest BCUT2D eigenvalue weighted by Gasteiger charge is -2.20. The zero-order valence-electron chi connectivity index (χ0n) is 10.6. The topological polar surface area (TPSA) is 51.0 Å². The molecule has 1 aromatic carbocycles. The van der Waals surface area contributed by atoms with Gasteiger partial charge in [0.1, 0.15) is 0 Å². The Morgan fingerprint density at radius 1 is 1.32 bits per heavy atom. The molecule has 100 valence electrons. The van der Waals surface area contributed by atoms with Crippen LogP contribution in [0.25, 0.3) is 11.5 Å². The Morgan fingerprint density at radius 3 is 2.89 bits per heavy atom. The van der Waals surface area contributed by atoms with Gasteiger partial charge in [0.2, 0.25) is 0 Å². The van der Waals surface area contributed by atoms with Gasteiger partial charge in [0.25, 0.3) is 5.89 Å². The Hall–Kier alpha value is -0.950. The summed E-state index contributed by atoms with van der Waals surface area (Å²) in [4.78, 5) is 4.50. The summed E-state index contributed by atoms with van der Waals surface area (Å²) >= 11 is 2.28. The maximum Gasteiger partial charge on any atom is 0.257 e. The number of hydrogen-bond acceptors (Lipinski definition) is 4. The van der Waals surface area contributed by atoms with E-state index in [1.165, 1.54) is 16.4 Å². The molecule has 1 aliphatic rings. The molecule has 1 aliphatic heterocycles. The summed E-state index contributed by atoms with van der Waals surface area (Å²) in [5, 5.41) is 7.51. The highest BCUT2D eigenvalue weighted by Crippen LogP contribution is 2.20. The zero-order chi connectivity index (χ0) is 13.1. The molecule has 19 heavy (non-hydrogen) atoms. The first-order valence-electron chi connectivity index (χ1n) is 6.60. The van der Waals surface area contributed by atoms with E-state index >= 15 is 0 Å². The molecule has 0 amide bonds. The lowest BCUT2D eigenvalue weighted by Crippen LogP contribution is -2.31. The molecule has 1 unspecified atom stereocenters. The van der Waals surface area contributed by atoms with Crippen molar-refractivity contribution in [3.63, 3.8) is 0 Å². The van der Waals surface area contributed by atoms with E-state index < -0.39 is 0 Å². The van der Waals surface area contributed by atoms with Crippen LogP contribution in [0.4, 0.5) is 0 Å². The summed E-state index contributed by atoms with van der Waals surface area (Å²) in [6.45, 7) is 2.20. The number of nitrogens with one attached hydrogen (secondary N) is 1. The van der Waals surface area contributed by atoms with Gasteiger partial charge in [-0.05, 0) is 78.7 Å². The first-order valence-corrected chi connectivity index (χ1v) is 7.68. The first kappa shape index (κ1) is 13.1. The third-order valence-electron chi connectivity index (χ3n) is 3.43. The third kappa shape index (κ3) is 3.33. The van der Waals surface area contributed by atoms with E-state index in [1.54, 1.807) is 0 Å². The largest absolute Gasteiger partial charge is 0.334 e. The molecule has 1 saturated heterocycles. The molecule has 0 spiro atoms. The van der Waals surface area contributed by atoms with Gasteiger partial charge in [-0.2, -0.15) is 4.98 Å². The molecule has 0 radical (unpaired) electrons. The second-order valence-corrected chi connectivity index (χ2v) is 6.18.